The third kappa shape index (κ3) is 1.76. The molecule has 2 aromatic heterocycles. The normalized spacial score (nSPS) is 10.2. The smallest absolute Gasteiger partial charge is 0.135 e. The van der Waals surface area contributed by atoms with Crippen LogP contribution in [0.1, 0.15) is 0 Å². The largest absolute Gasteiger partial charge is 0.383 e. The first-order chi connectivity index (χ1) is 6.25. The summed E-state index contributed by atoms with van der Waals surface area (Å²) in [6.07, 6.45) is 1.83. The van der Waals surface area contributed by atoms with Gasteiger partial charge in [-0.15, -0.1) is 11.3 Å². The molecule has 0 aliphatic heterocycles. The van der Waals surface area contributed by atoms with E-state index in [1.165, 1.54) is 11.3 Å². The maximum Gasteiger partial charge on any atom is 0.135 e. The molecule has 13 heavy (non-hydrogen) atoms. The second-order valence-corrected chi connectivity index (χ2v) is 3.82. The Morgan fingerprint density at radius 3 is 2.85 bits per heavy atom. The molecule has 2 aromatic rings. The fraction of sp³-hybridized carbons (Fsp3) is 0. The van der Waals surface area contributed by atoms with Crippen LogP contribution in [-0.4, -0.2) is 9.97 Å². The molecular formula is C8H7N3S2. The van der Waals surface area contributed by atoms with Crippen LogP contribution in [0.2, 0.25) is 0 Å². The van der Waals surface area contributed by atoms with Crippen molar-refractivity contribution in [2.45, 2.75) is 0 Å². The van der Waals surface area contributed by atoms with E-state index >= 15 is 0 Å². The number of aromatic amines is 1. The van der Waals surface area contributed by atoms with Crippen LogP contribution >= 0.6 is 23.6 Å². The van der Waals surface area contributed by atoms with E-state index in [1.54, 1.807) is 0 Å². The standard InChI is InChI=1S/C8H7N3S2/c9-6-4-13-8(11-6)5-1-2-7(12)10-3-5/h1-4H,9H2,(H,10,12). The molecule has 0 spiro atoms. The van der Waals surface area contributed by atoms with Gasteiger partial charge >= 0.3 is 0 Å². The number of thiazole rings is 1. The highest BCUT2D eigenvalue weighted by Crippen LogP contribution is 2.23. The minimum atomic E-state index is 0.558. The van der Waals surface area contributed by atoms with Crippen LogP contribution in [0.3, 0.4) is 0 Å². The van der Waals surface area contributed by atoms with E-state index in [-0.39, 0.29) is 0 Å². The summed E-state index contributed by atoms with van der Waals surface area (Å²) in [6.45, 7) is 0. The number of nitrogens with zero attached hydrogens (tertiary/aromatic N) is 1. The van der Waals surface area contributed by atoms with Gasteiger partial charge in [-0.3, -0.25) is 0 Å². The van der Waals surface area contributed by atoms with E-state index in [9.17, 15) is 0 Å². The molecule has 5 heteroatoms. The van der Waals surface area contributed by atoms with Crippen LogP contribution in [0.25, 0.3) is 10.6 Å². The molecule has 0 fully saturated rings. The van der Waals surface area contributed by atoms with Crippen molar-refractivity contribution >= 4 is 29.4 Å². The van der Waals surface area contributed by atoms with Crippen molar-refractivity contribution in [3.8, 4) is 10.6 Å². The van der Waals surface area contributed by atoms with Gasteiger partial charge in [-0.1, -0.05) is 12.2 Å². The van der Waals surface area contributed by atoms with Crippen LogP contribution in [-0.2, 0) is 0 Å². The van der Waals surface area contributed by atoms with Crippen molar-refractivity contribution in [2.24, 2.45) is 0 Å². The molecule has 0 bridgehead atoms. The molecule has 66 valence electrons. The number of anilines is 1. The first-order valence-corrected chi connectivity index (χ1v) is 4.94. The molecule has 0 saturated heterocycles. The molecule has 0 aliphatic rings. The lowest BCUT2D eigenvalue weighted by molar-refractivity contribution is 1.29. The Hall–Kier alpha value is -1.20. The SMILES string of the molecule is Nc1csc(-c2ccc(=S)[nH]c2)n1. The highest BCUT2D eigenvalue weighted by atomic mass is 32.1. The molecule has 0 atom stereocenters. The number of hydrogen-bond acceptors (Lipinski definition) is 4. The van der Waals surface area contributed by atoms with E-state index in [4.69, 9.17) is 18.0 Å². The van der Waals surface area contributed by atoms with E-state index in [0.717, 1.165) is 10.6 Å². The van der Waals surface area contributed by atoms with Gasteiger partial charge in [0.15, 0.2) is 0 Å². The zero-order valence-electron chi connectivity index (χ0n) is 6.65. The molecule has 0 aliphatic carbocycles. The number of rotatable bonds is 1. The molecule has 0 unspecified atom stereocenters. The molecular weight excluding hydrogens is 202 g/mol. The second-order valence-electron chi connectivity index (χ2n) is 2.52. The Kier molecular flexibility index (Phi) is 2.12. The van der Waals surface area contributed by atoms with Crippen molar-refractivity contribution in [3.05, 3.63) is 28.4 Å². The maximum absolute atomic E-state index is 5.51. The van der Waals surface area contributed by atoms with Crippen LogP contribution in [0.15, 0.2) is 23.7 Å². The summed E-state index contributed by atoms with van der Waals surface area (Å²) < 4.78 is 0.716. The minimum Gasteiger partial charge on any atom is -0.383 e. The summed E-state index contributed by atoms with van der Waals surface area (Å²) in [5.41, 5.74) is 6.52. The summed E-state index contributed by atoms with van der Waals surface area (Å²) in [5, 5.41) is 2.72. The zero-order valence-corrected chi connectivity index (χ0v) is 8.28. The lowest BCUT2D eigenvalue weighted by Crippen LogP contribution is -1.84. The number of H-pyrrole nitrogens is 1. The lowest BCUT2D eigenvalue weighted by atomic mass is 10.3. The Morgan fingerprint density at radius 2 is 2.31 bits per heavy atom. The maximum atomic E-state index is 5.51. The third-order valence-electron chi connectivity index (χ3n) is 1.55. The average molecular weight is 209 g/mol. The first kappa shape index (κ1) is 8.40. The fourth-order valence-corrected chi connectivity index (χ4v) is 1.80. The van der Waals surface area contributed by atoms with Crippen LogP contribution in [0, 0.1) is 4.64 Å². The Labute approximate surface area is 84.3 Å². The summed E-state index contributed by atoms with van der Waals surface area (Å²) in [4.78, 5) is 7.10. The van der Waals surface area contributed by atoms with E-state index in [1.807, 2.05) is 23.7 Å². The number of aromatic nitrogens is 2. The molecule has 0 aromatic carbocycles. The van der Waals surface area contributed by atoms with Crippen molar-refractivity contribution in [1.82, 2.24) is 9.97 Å². The molecule has 2 heterocycles. The molecule has 0 radical (unpaired) electrons. The fourth-order valence-electron chi connectivity index (χ4n) is 0.962. The Bertz CT molecular complexity index is 452. The van der Waals surface area contributed by atoms with Crippen LogP contribution < -0.4 is 5.73 Å². The van der Waals surface area contributed by atoms with Gasteiger partial charge in [0.25, 0.3) is 0 Å². The average Bonchev–Trinajstić information content (AvgIpc) is 2.53. The van der Waals surface area contributed by atoms with E-state index in [0.29, 0.717) is 10.5 Å². The van der Waals surface area contributed by atoms with Crippen molar-refractivity contribution < 1.29 is 0 Å². The predicted octanol–water partition coefficient (Wildman–Crippen LogP) is 2.45. The highest BCUT2D eigenvalue weighted by Gasteiger charge is 2.00. The third-order valence-corrected chi connectivity index (χ3v) is 2.72. The van der Waals surface area contributed by atoms with Crippen molar-refractivity contribution in [1.29, 1.82) is 0 Å². The summed E-state index contributed by atoms with van der Waals surface area (Å²) in [7, 11) is 0. The number of nitrogens with two attached hydrogens (primary N) is 1. The first-order valence-electron chi connectivity index (χ1n) is 3.66. The number of hydrogen-bond donors (Lipinski definition) is 2. The topological polar surface area (TPSA) is 54.7 Å². The monoisotopic (exact) mass is 209 g/mol. The molecule has 3 N–H and O–H groups in total. The van der Waals surface area contributed by atoms with Crippen molar-refractivity contribution in [3.63, 3.8) is 0 Å². The Balaban J connectivity index is 2.47. The quantitative estimate of drug-likeness (QED) is 0.709. The molecule has 0 amide bonds. The minimum absolute atomic E-state index is 0.558. The van der Waals surface area contributed by atoms with Gasteiger partial charge in [-0.25, -0.2) is 4.98 Å². The molecule has 2 rings (SSSR count). The van der Waals surface area contributed by atoms with Gasteiger partial charge in [0.2, 0.25) is 0 Å². The van der Waals surface area contributed by atoms with E-state index < -0.39 is 0 Å². The summed E-state index contributed by atoms with van der Waals surface area (Å²) in [5.74, 6) is 0.558. The molecule has 3 nitrogen and oxygen atoms in total. The predicted molar refractivity (Wildman–Crippen MR) is 57.1 cm³/mol. The van der Waals surface area contributed by atoms with Gasteiger partial charge in [-0.2, -0.15) is 0 Å². The number of nitrogens with one attached hydrogen (secondary N) is 1. The van der Waals surface area contributed by atoms with E-state index in [2.05, 4.69) is 9.97 Å². The summed E-state index contributed by atoms with van der Waals surface area (Å²) >= 11 is 6.45. The zero-order chi connectivity index (χ0) is 9.26. The van der Waals surface area contributed by atoms with Gasteiger partial charge < -0.3 is 10.7 Å². The van der Waals surface area contributed by atoms with Crippen LogP contribution in [0.4, 0.5) is 5.82 Å². The van der Waals surface area contributed by atoms with Gasteiger partial charge in [-0.05, 0) is 12.1 Å². The Morgan fingerprint density at radius 1 is 1.46 bits per heavy atom. The van der Waals surface area contributed by atoms with Gasteiger partial charge in [0.05, 0.1) is 0 Å². The lowest BCUT2D eigenvalue weighted by Gasteiger charge is -1.93. The van der Waals surface area contributed by atoms with Gasteiger partial charge in [0, 0.05) is 17.1 Å². The van der Waals surface area contributed by atoms with Gasteiger partial charge in [0.1, 0.15) is 15.5 Å². The second kappa shape index (κ2) is 3.27. The number of nitrogen functional groups attached to an aromatic ring is 1. The van der Waals surface area contributed by atoms with Crippen LogP contribution in [0.5, 0.6) is 0 Å². The highest BCUT2D eigenvalue weighted by molar-refractivity contribution is 7.71. The molecule has 0 saturated carbocycles. The summed E-state index contributed by atoms with van der Waals surface area (Å²) in [6, 6.07) is 3.76. The number of pyridine rings is 1. The van der Waals surface area contributed by atoms with Crippen molar-refractivity contribution in [2.75, 3.05) is 5.73 Å².